The van der Waals surface area contributed by atoms with Crippen LogP contribution in [0.5, 0.6) is 0 Å². The van der Waals surface area contributed by atoms with Crippen LogP contribution in [0.2, 0.25) is 0 Å². The molecule has 0 heterocycles. The van der Waals surface area contributed by atoms with Gasteiger partial charge < -0.3 is 5.11 Å². The van der Waals surface area contributed by atoms with Gasteiger partial charge in [-0.2, -0.15) is 0 Å². The van der Waals surface area contributed by atoms with E-state index in [4.69, 9.17) is 0 Å². The van der Waals surface area contributed by atoms with Crippen molar-refractivity contribution in [3.8, 4) is 0 Å². The van der Waals surface area contributed by atoms with E-state index in [0.717, 1.165) is 19.3 Å². The van der Waals surface area contributed by atoms with Crippen LogP contribution >= 0.6 is 0 Å². The molecule has 4 unspecified atom stereocenters. The number of rotatable bonds is 2. The monoisotopic (exact) mass is 248 g/mol. The molecule has 0 aliphatic heterocycles. The summed E-state index contributed by atoms with van der Waals surface area (Å²) in [5, 5.41) is 9.89. The summed E-state index contributed by atoms with van der Waals surface area (Å²) >= 11 is 0. The normalized spacial score (nSPS) is 43.7. The molecule has 0 saturated heterocycles. The van der Waals surface area contributed by atoms with Gasteiger partial charge in [0.25, 0.3) is 0 Å². The van der Waals surface area contributed by atoms with Crippen molar-refractivity contribution in [1.82, 2.24) is 0 Å². The van der Waals surface area contributed by atoms with Gasteiger partial charge in [0.1, 0.15) is 0 Å². The first-order valence-corrected chi connectivity index (χ1v) is 6.86. The van der Waals surface area contributed by atoms with Crippen molar-refractivity contribution < 1.29 is 9.90 Å². The molecule has 0 amide bonds. The average molecular weight is 248 g/mol. The maximum absolute atomic E-state index is 12.0. The molecule has 0 aromatic carbocycles. The van der Waals surface area contributed by atoms with Crippen LogP contribution in [0.15, 0.2) is 24.3 Å². The topological polar surface area (TPSA) is 37.3 Å². The fraction of sp³-hybridized carbons (Fsp3) is 0.688. The predicted molar refractivity (Wildman–Crippen MR) is 73.1 cm³/mol. The zero-order valence-corrected chi connectivity index (χ0v) is 11.7. The van der Waals surface area contributed by atoms with E-state index in [1.807, 2.05) is 13.0 Å². The molecule has 2 aliphatic rings. The zero-order valence-electron chi connectivity index (χ0n) is 11.7. The van der Waals surface area contributed by atoms with Crippen LogP contribution in [0.3, 0.4) is 0 Å². The molecule has 2 rings (SSSR count). The third-order valence-corrected chi connectivity index (χ3v) is 5.67. The van der Waals surface area contributed by atoms with Crippen molar-refractivity contribution in [2.75, 3.05) is 6.61 Å². The van der Waals surface area contributed by atoms with E-state index in [9.17, 15) is 9.90 Å². The number of fused-ring (bicyclic) bond motifs is 1. The fourth-order valence-corrected chi connectivity index (χ4v) is 3.85. The van der Waals surface area contributed by atoms with Gasteiger partial charge in [-0.3, -0.25) is 4.79 Å². The Morgan fingerprint density at radius 1 is 1.61 bits per heavy atom. The first-order valence-electron chi connectivity index (χ1n) is 6.86. The zero-order chi connectivity index (χ0) is 13.6. The average Bonchev–Trinajstić information content (AvgIpc) is 2.35. The van der Waals surface area contributed by atoms with E-state index in [1.165, 1.54) is 5.57 Å². The van der Waals surface area contributed by atoms with Crippen LogP contribution in [0.1, 0.15) is 40.0 Å². The van der Waals surface area contributed by atoms with E-state index < -0.39 is 0 Å². The Hall–Kier alpha value is -0.890. The minimum absolute atomic E-state index is 0.0169. The van der Waals surface area contributed by atoms with Crippen molar-refractivity contribution in [3.63, 3.8) is 0 Å². The molecule has 0 aromatic heterocycles. The number of ketones is 1. The Labute approximate surface area is 110 Å². The van der Waals surface area contributed by atoms with E-state index in [1.54, 1.807) is 6.08 Å². The first-order chi connectivity index (χ1) is 8.36. The van der Waals surface area contributed by atoms with Crippen molar-refractivity contribution >= 4 is 5.78 Å². The highest BCUT2D eigenvalue weighted by Gasteiger charge is 2.56. The van der Waals surface area contributed by atoms with E-state index >= 15 is 0 Å². The summed E-state index contributed by atoms with van der Waals surface area (Å²) in [6, 6.07) is 0. The summed E-state index contributed by atoms with van der Waals surface area (Å²) in [5.41, 5.74) is 0.846. The molecule has 1 N–H and O–H groups in total. The quantitative estimate of drug-likeness (QED) is 0.762. The van der Waals surface area contributed by atoms with Crippen LogP contribution in [0, 0.1) is 22.7 Å². The molecule has 2 nitrogen and oxygen atoms in total. The molecular formula is C16H24O2. The van der Waals surface area contributed by atoms with Crippen molar-refractivity contribution in [3.05, 3.63) is 24.3 Å². The highest BCUT2D eigenvalue weighted by atomic mass is 16.3. The standard InChI is InChI=1S/C16H24O2/c1-11(2)13-5-7-16(10-17)8-6-14(18)12(3)15(16,4)9-13/h6,8,12-13,17H,1,5,7,9-10H2,2-4H3. The summed E-state index contributed by atoms with van der Waals surface area (Å²) in [6.45, 7) is 10.5. The predicted octanol–water partition coefficient (Wildman–Crippen LogP) is 3.12. The van der Waals surface area contributed by atoms with Gasteiger partial charge in [-0.05, 0) is 43.6 Å². The number of carbonyl (C=O) groups is 1. The van der Waals surface area contributed by atoms with Gasteiger partial charge in [-0.15, -0.1) is 0 Å². The van der Waals surface area contributed by atoms with Gasteiger partial charge in [0.15, 0.2) is 5.78 Å². The number of carbonyl (C=O) groups excluding carboxylic acids is 1. The molecule has 0 radical (unpaired) electrons. The van der Waals surface area contributed by atoms with Crippen LogP contribution < -0.4 is 0 Å². The highest BCUT2D eigenvalue weighted by Crippen LogP contribution is 2.59. The molecule has 1 fully saturated rings. The second-order valence-electron chi connectivity index (χ2n) is 6.48. The molecule has 2 heteroatoms. The number of allylic oxidation sites excluding steroid dienone is 2. The van der Waals surface area contributed by atoms with Crippen LogP contribution in [0.25, 0.3) is 0 Å². The lowest BCUT2D eigenvalue weighted by atomic mass is 9.47. The number of hydrogen-bond acceptors (Lipinski definition) is 2. The van der Waals surface area contributed by atoms with E-state index in [2.05, 4.69) is 20.4 Å². The summed E-state index contributed by atoms with van der Waals surface area (Å²) in [4.78, 5) is 12.0. The third-order valence-electron chi connectivity index (χ3n) is 5.67. The Kier molecular flexibility index (Phi) is 3.26. The maximum atomic E-state index is 12.0. The molecule has 2 aliphatic carbocycles. The maximum Gasteiger partial charge on any atom is 0.158 e. The lowest BCUT2D eigenvalue weighted by Gasteiger charge is -2.56. The molecule has 4 atom stereocenters. The molecule has 18 heavy (non-hydrogen) atoms. The van der Waals surface area contributed by atoms with Gasteiger partial charge in [-0.1, -0.05) is 32.1 Å². The number of aliphatic hydroxyl groups is 1. The van der Waals surface area contributed by atoms with Gasteiger partial charge in [0, 0.05) is 11.3 Å². The molecule has 0 aromatic rings. The summed E-state index contributed by atoms with van der Waals surface area (Å²) in [5.74, 6) is 0.664. The van der Waals surface area contributed by atoms with E-state index in [-0.39, 0.29) is 29.1 Å². The van der Waals surface area contributed by atoms with Crippen molar-refractivity contribution in [2.45, 2.75) is 40.0 Å². The summed E-state index contributed by atoms with van der Waals surface area (Å²) < 4.78 is 0. The second-order valence-corrected chi connectivity index (χ2v) is 6.48. The van der Waals surface area contributed by atoms with Crippen LogP contribution in [-0.4, -0.2) is 17.5 Å². The SMILES string of the molecule is C=C(C)C1CCC2(CO)C=CC(=O)C(C)C2(C)C1. The minimum atomic E-state index is -0.216. The van der Waals surface area contributed by atoms with Crippen molar-refractivity contribution in [2.24, 2.45) is 22.7 Å². The smallest absolute Gasteiger partial charge is 0.158 e. The molecule has 100 valence electrons. The Morgan fingerprint density at radius 2 is 2.28 bits per heavy atom. The minimum Gasteiger partial charge on any atom is -0.395 e. The Morgan fingerprint density at radius 3 is 2.83 bits per heavy atom. The lowest BCUT2D eigenvalue weighted by Crippen LogP contribution is -2.53. The largest absolute Gasteiger partial charge is 0.395 e. The van der Waals surface area contributed by atoms with Gasteiger partial charge in [0.05, 0.1) is 6.61 Å². The summed E-state index contributed by atoms with van der Waals surface area (Å²) in [6.07, 6.45) is 6.64. The Bertz CT molecular complexity index is 409. The van der Waals surface area contributed by atoms with E-state index in [0.29, 0.717) is 5.92 Å². The van der Waals surface area contributed by atoms with Crippen LogP contribution in [-0.2, 0) is 4.79 Å². The number of aliphatic hydroxyl groups excluding tert-OH is 1. The molecule has 0 spiro atoms. The van der Waals surface area contributed by atoms with Gasteiger partial charge >= 0.3 is 0 Å². The first kappa shape index (κ1) is 13.5. The molecule has 0 bridgehead atoms. The third kappa shape index (κ3) is 1.70. The van der Waals surface area contributed by atoms with Crippen LogP contribution in [0.4, 0.5) is 0 Å². The lowest BCUT2D eigenvalue weighted by molar-refractivity contribution is -0.133. The van der Waals surface area contributed by atoms with Crippen molar-refractivity contribution in [1.29, 1.82) is 0 Å². The molecule has 1 saturated carbocycles. The summed E-state index contributed by atoms with van der Waals surface area (Å²) in [7, 11) is 0. The molecular weight excluding hydrogens is 224 g/mol. The number of hydrogen-bond donors (Lipinski definition) is 1. The Balaban J connectivity index is 2.43. The van der Waals surface area contributed by atoms with Gasteiger partial charge in [-0.25, -0.2) is 0 Å². The highest BCUT2D eigenvalue weighted by molar-refractivity contribution is 5.93. The second kappa shape index (κ2) is 4.34. The fourth-order valence-electron chi connectivity index (χ4n) is 3.85. The van der Waals surface area contributed by atoms with Gasteiger partial charge in [0.2, 0.25) is 0 Å².